The highest BCUT2D eigenvalue weighted by Crippen LogP contribution is 2.47. The fourth-order valence-corrected chi connectivity index (χ4v) is 4.07. The molecular formula is C14H22N3O8P. The number of ether oxygens (including phenoxy) is 2. The van der Waals surface area contributed by atoms with Gasteiger partial charge in [0.25, 0.3) is 5.56 Å². The monoisotopic (exact) mass is 391 g/mol. The number of aromatic amines is 1. The molecule has 2 unspecified atom stereocenters. The molecule has 1 aromatic heterocycles. The number of morpholine rings is 1. The average molecular weight is 391 g/mol. The first kappa shape index (κ1) is 19.4. The van der Waals surface area contributed by atoms with Crippen molar-refractivity contribution >= 4 is 7.75 Å². The van der Waals surface area contributed by atoms with Gasteiger partial charge in [0.1, 0.15) is 12.3 Å². The summed E-state index contributed by atoms with van der Waals surface area (Å²) in [7, 11) is -4.02. The second-order valence-electron chi connectivity index (χ2n) is 6.26. The Hall–Kier alpha value is -1.33. The van der Waals surface area contributed by atoms with E-state index in [4.69, 9.17) is 14.0 Å². The van der Waals surface area contributed by atoms with Gasteiger partial charge in [-0.1, -0.05) is 0 Å². The smallest absolute Gasteiger partial charge is 0.390 e. The number of nitrogens with one attached hydrogen (secondary N) is 1. The molecule has 3 N–H and O–H groups in total. The molecule has 2 aliphatic heterocycles. The SMILES string of the molecule is Cc1cn([C@H]2CC(O)[C@@H](COP(=O)(O)N3CCOCC3)O2)c(=O)[nH]c1=O. The Labute approximate surface area is 148 Å². The molecule has 0 bridgehead atoms. The van der Waals surface area contributed by atoms with Gasteiger partial charge in [-0.25, -0.2) is 14.0 Å². The number of H-pyrrole nitrogens is 1. The van der Waals surface area contributed by atoms with Crippen molar-refractivity contribution in [1.29, 1.82) is 0 Å². The standard InChI is InChI=1S/C14H22N3O8P/c1-9-7-17(14(20)15-13(9)19)12-6-10(18)11(25-12)8-24-26(21,22)16-2-4-23-5-3-16/h7,10-12,18H,2-6,8H2,1H3,(H,21,22)(H,15,19,20)/t10?,11-,12-/m1/s1. The molecule has 12 heteroatoms. The Balaban J connectivity index is 1.64. The zero-order chi connectivity index (χ0) is 18.9. The highest BCUT2D eigenvalue weighted by atomic mass is 31.2. The lowest BCUT2D eigenvalue weighted by atomic mass is 10.2. The van der Waals surface area contributed by atoms with Crippen molar-refractivity contribution in [3.8, 4) is 0 Å². The van der Waals surface area contributed by atoms with Gasteiger partial charge in [0.15, 0.2) is 0 Å². The Morgan fingerprint density at radius 2 is 2.08 bits per heavy atom. The molecule has 0 saturated carbocycles. The van der Waals surface area contributed by atoms with E-state index in [-0.39, 0.29) is 26.1 Å². The molecule has 11 nitrogen and oxygen atoms in total. The van der Waals surface area contributed by atoms with Gasteiger partial charge < -0.3 is 19.5 Å². The number of nitrogens with zero attached hydrogens (tertiary/aromatic N) is 2. The third-order valence-corrected chi connectivity index (χ3v) is 6.01. The average Bonchev–Trinajstić information content (AvgIpc) is 2.98. The molecule has 3 rings (SSSR count). The molecule has 4 atom stereocenters. The van der Waals surface area contributed by atoms with E-state index < -0.39 is 37.4 Å². The van der Waals surface area contributed by atoms with Crippen LogP contribution in [0.2, 0.25) is 0 Å². The van der Waals surface area contributed by atoms with Crippen LogP contribution in [0.5, 0.6) is 0 Å². The fraction of sp³-hybridized carbons (Fsp3) is 0.714. The highest BCUT2D eigenvalue weighted by Gasteiger charge is 2.39. The Morgan fingerprint density at radius 1 is 1.38 bits per heavy atom. The minimum absolute atomic E-state index is 0.0900. The number of aryl methyl sites for hydroxylation is 1. The summed E-state index contributed by atoms with van der Waals surface area (Å²) in [5.74, 6) is 0. The van der Waals surface area contributed by atoms with Gasteiger partial charge >= 0.3 is 13.4 Å². The molecule has 2 aliphatic rings. The van der Waals surface area contributed by atoms with Crippen LogP contribution in [0.4, 0.5) is 0 Å². The molecule has 146 valence electrons. The zero-order valence-corrected chi connectivity index (χ0v) is 15.1. The third kappa shape index (κ3) is 4.15. The van der Waals surface area contributed by atoms with Crippen LogP contribution in [0.3, 0.4) is 0 Å². The summed E-state index contributed by atoms with van der Waals surface area (Å²) < 4.78 is 30.6. The molecule has 3 heterocycles. The molecule has 2 saturated heterocycles. The summed E-state index contributed by atoms with van der Waals surface area (Å²) in [6, 6.07) is 0. The second kappa shape index (κ2) is 7.73. The second-order valence-corrected chi connectivity index (χ2v) is 8.07. The van der Waals surface area contributed by atoms with E-state index in [1.54, 1.807) is 6.92 Å². The summed E-state index contributed by atoms with van der Waals surface area (Å²) in [6.07, 6.45) is -1.22. The molecule has 0 aliphatic carbocycles. The van der Waals surface area contributed by atoms with Gasteiger partial charge in [-0.2, -0.15) is 0 Å². The molecule has 0 spiro atoms. The van der Waals surface area contributed by atoms with E-state index in [9.17, 15) is 24.2 Å². The van der Waals surface area contributed by atoms with Crippen LogP contribution < -0.4 is 11.2 Å². The lowest BCUT2D eigenvalue weighted by molar-refractivity contribution is -0.0456. The first-order valence-corrected chi connectivity index (χ1v) is 9.77. The van der Waals surface area contributed by atoms with Crippen LogP contribution in [0.1, 0.15) is 18.2 Å². The number of aliphatic hydroxyl groups excluding tert-OH is 1. The van der Waals surface area contributed by atoms with Crippen LogP contribution in [-0.4, -0.2) is 69.3 Å². The topological polar surface area (TPSA) is 143 Å². The van der Waals surface area contributed by atoms with Crippen LogP contribution in [0.25, 0.3) is 0 Å². The van der Waals surface area contributed by atoms with E-state index in [0.717, 1.165) is 0 Å². The summed E-state index contributed by atoms with van der Waals surface area (Å²) >= 11 is 0. The summed E-state index contributed by atoms with van der Waals surface area (Å²) in [6.45, 7) is 2.47. The lowest BCUT2D eigenvalue weighted by Gasteiger charge is -2.30. The van der Waals surface area contributed by atoms with Crippen molar-refractivity contribution in [2.24, 2.45) is 0 Å². The van der Waals surface area contributed by atoms with Crippen LogP contribution >= 0.6 is 7.75 Å². The van der Waals surface area contributed by atoms with Crippen molar-refractivity contribution in [1.82, 2.24) is 14.2 Å². The Morgan fingerprint density at radius 3 is 2.77 bits per heavy atom. The van der Waals surface area contributed by atoms with Gasteiger partial charge in [0.05, 0.1) is 25.9 Å². The van der Waals surface area contributed by atoms with Crippen molar-refractivity contribution < 1.29 is 28.6 Å². The van der Waals surface area contributed by atoms with Gasteiger partial charge in [0.2, 0.25) is 0 Å². The van der Waals surface area contributed by atoms with Crippen molar-refractivity contribution in [2.75, 3.05) is 32.9 Å². The Bertz CT molecular complexity index is 802. The lowest BCUT2D eigenvalue weighted by Crippen LogP contribution is -2.35. The Kier molecular flexibility index (Phi) is 5.78. The largest absolute Gasteiger partial charge is 0.405 e. The number of aliphatic hydroxyl groups is 1. The number of rotatable bonds is 5. The molecular weight excluding hydrogens is 369 g/mol. The molecule has 0 radical (unpaired) electrons. The van der Waals surface area contributed by atoms with Crippen molar-refractivity contribution in [2.45, 2.75) is 31.8 Å². The summed E-state index contributed by atoms with van der Waals surface area (Å²) in [5, 5.41) is 10.1. The van der Waals surface area contributed by atoms with E-state index in [1.165, 1.54) is 15.4 Å². The summed E-state index contributed by atoms with van der Waals surface area (Å²) in [4.78, 5) is 35.6. The van der Waals surface area contributed by atoms with E-state index in [1.807, 2.05) is 0 Å². The quantitative estimate of drug-likeness (QED) is 0.535. The van der Waals surface area contributed by atoms with E-state index >= 15 is 0 Å². The van der Waals surface area contributed by atoms with E-state index in [0.29, 0.717) is 18.8 Å². The molecule has 0 amide bonds. The minimum Gasteiger partial charge on any atom is -0.390 e. The third-order valence-electron chi connectivity index (χ3n) is 4.41. The first-order chi connectivity index (χ1) is 12.3. The first-order valence-electron chi connectivity index (χ1n) is 8.24. The maximum absolute atomic E-state index is 12.3. The molecule has 2 fully saturated rings. The molecule has 26 heavy (non-hydrogen) atoms. The van der Waals surface area contributed by atoms with Gasteiger partial charge in [-0.15, -0.1) is 0 Å². The maximum Gasteiger partial charge on any atom is 0.405 e. The van der Waals surface area contributed by atoms with E-state index in [2.05, 4.69) is 4.98 Å². The molecule has 1 aromatic rings. The predicted molar refractivity (Wildman–Crippen MR) is 88.8 cm³/mol. The number of hydrogen-bond acceptors (Lipinski definition) is 7. The summed E-state index contributed by atoms with van der Waals surface area (Å²) in [5.41, 5.74) is -0.813. The van der Waals surface area contributed by atoms with Gasteiger partial charge in [0, 0.05) is 31.3 Å². The van der Waals surface area contributed by atoms with Crippen LogP contribution in [-0.2, 0) is 18.6 Å². The number of aromatic nitrogens is 2. The predicted octanol–water partition coefficient (Wildman–Crippen LogP) is -1.06. The van der Waals surface area contributed by atoms with Crippen molar-refractivity contribution in [3.05, 3.63) is 32.6 Å². The minimum atomic E-state index is -4.02. The van der Waals surface area contributed by atoms with Crippen LogP contribution in [0.15, 0.2) is 15.8 Å². The van der Waals surface area contributed by atoms with Gasteiger partial charge in [-0.05, 0) is 6.92 Å². The normalized spacial score (nSPS) is 29.6. The van der Waals surface area contributed by atoms with Crippen molar-refractivity contribution in [3.63, 3.8) is 0 Å². The number of hydrogen-bond donors (Lipinski definition) is 3. The maximum atomic E-state index is 12.3. The molecule has 0 aromatic carbocycles. The highest BCUT2D eigenvalue weighted by molar-refractivity contribution is 7.50. The van der Waals surface area contributed by atoms with Crippen LogP contribution in [0, 0.1) is 6.92 Å². The van der Waals surface area contributed by atoms with Gasteiger partial charge in [-0.3, -0.25) is 18.9 Å². The zero-order valence-electron chi connectivity index (χ0n) is 14.2. The fourth-order valence-electron chi connectivity index (χ4n) is 2.89.